The van der Waals surface area contributed by atoms with Crippen LogP contribution in [0.15, 0.2) is 18.7 Å². The van der Waals surface area contributed by atoms with Crippen molar-refractivity contribution in [3.8, 4) is 5.75 Å². The van der Waals surface area contributed by atoms with E-state index in [-0.39, 0.29) is 33.6 Å². The lowest BCUT2D eigenvalue weighted by Crippen LogP contribution is -2.31. The molecule has 2 aliphatic rings. The molecule has 0 aromatic heterocycles. The van der Waals surface area contributed by atoms with E-state index < -0.39 is 11.9 Å². The smallest absolute Gasteiger partial charge is 0.339 e. The van der Waals surface area contributed by atoms with Crippen LogP contribution in [0.3, 0.4) is 0 Å². The first-order valence-corrected chi connectivity index (χ1v) is 8.54. The second kappa shape index (κ2) is 5.35. The Bertz CT molecular complexity index is 792. The highest BCUT2D eigenvalue weighted by atomic mass is 16.4. The van der Waals surface area contributed by atoms with Crippen molar-refractivity contribution >= 4 is 17.5 Å². The maximum absolute atomic E-state index is 11.5. The van der Waals surface area contributed by atoms with Crippen LogP contribution in [0.1, 0.15) is 67.4 Å². The minimum absolute atomic E-state index is 0.0468. The number of carboxylic acid groups (broad SMARTS) is 2. The van der Waals surface area contributed by atoms with Crippen molar-refractivity contribution in [3.05, 3.63) is 35.4 Å². The van der Waals surface area contributed by atoms with Crippen molar-refractivity contribution in [2.75, 3.05) is 0 Å². The molecule has 0 heterocycles. The molecule has 5 nitrogen and oxygen atoms in total. The Labute approximate surface area is 147 Å². The molecule has 0 aliphatic heterocycles. The van der Waals surface area contributed by atoms with Crippen LogP contribution in [-0.2, 0) is 4.79 Å². The monoisotopic (exact) mass is 344 g/mol. The Morgan fingerprint density at radius 3 is 2.20 bits per heavy atom. The fourth-order valence-electron chi connectivity index (χ4n) is 5.15. The van der Waals surface area contributed by atoms with E-state index in [1.165, 1.54) is 12.1 Å². The van der Waals surface area contributed by atoms with Gasteiger partial charge in [0.25, 0.3) is 0 Å². The maximum atomic E-state index is 11.5. The molecular weight excluding hydrogens is 320 g/mol. The quantitative estimate of drug-likeness (QED) is 0.714. The van der Waals surface area contributed by atoms with Crippen molar-refractivity contribution < 1.29 is 24.9 Å². The Balaban J connectivity index is 2.24. The zero-order valence-electron chi connectivity index (χ0n) is 14.8. The van der Waals surface area contributed by atoms with E-state index in [1.54, 1.807) is 0 Å². The predicted octanol–water partition coefficient (Wildman–Crippen LogP) is 4.12. The summed E-state index contributed by atoms with van der Waals surface area (Å²) in [5.74, 6) is -2.33. The molecule has 1 aromatic carbocycles. The molecule has 3 unspecified atom stereocenters. The minimum atomic E-state index is -1.22. The summed E-state index contributed by atoms with van der Waals surface area (Å²) in [6.45, 7) is 10.2. The molecule has 0 amide bonds. The van der Waals surface area contributed by atoms with E-state index in [4.69, 9.17) is 0 Å². The topological polar surface area (TPSA) is 94.8 Å². The first-order valence-electron chi connectivity index (χ1n) is 8.54. The fraction of sp³-hybridized carbons (Fsp3) is 0.500. The second-order valence-corrected chi connectivity index (χ2v) is 8.17. The van der Waals surface area contributed by atoms with Gasteiger partial charge in [-0.3, -0.25) is 0 Å². The number of carbonyl (C=O) groups is 2. The number of rotatable bonds is 4. The van der Waals surface area contributed by atoms with Crippen LogP contribution >= 0.6 is 0 Å². The van der Waals surface area contributed by atoms with E-state index >= 15 is 0 Å². The van der Waals surface area contributed by atoms with Crippen LogP contribution in [0.25, 0.3) is 5.57 Å². The van der Waals surface area contributed by atoms with E-state index in [0.29, 0.717) is 17.0 Å². The van der Waals surface area contributed by atoms with Crippen molar-refractivity contribution in [1.82, 2.24) is 0 Å². The highest BCUT2D eigenvalue weighted by molar-refractivity contribution is 6.15. The van der Waals surface area contributed by atoms with Gasteiger partial charge in [-0.1, -0.05) is 33.4 Å². The molecule has 3 rings (SSSR count). The zero-order chi connectivity index (χ0) is 18.7. The number of benzene rings is 1. The molecule has 5 heteroatoms. The Kier molecular flexibility index (Phi) is 3.75. The molecule has 3 N–H and O–H groups in total. The summed E-state index contributed by atoms with van der Waals surface area (Å²) in [5, 5.41) is 29.5. The van der Waals surface area contributed by atoms with E-state index in [1.807, 2.05) is 0 Å². The average Bonchev–Trinajstić information content (AvgIpc) is 2.86. The number of aliphatic carboxylic acids is 1. The highest BCUT2D eigenvalue weighted by Gasteiger charge is 2.62. The van der Waals surface area contributed by atoms with Crippen molar-refractivity contribution in [2.45, 2.75) is 46.0 Å². The molecule has 2 saturated carbocycles. The molecule has 25 heavy (non-hydrogen) atoms. The molecule has 1 aromatic rings. The van der Waals surface area contributed by atoms with Crippen LogP contribution < -0.4 is 0 Å². The second-order valence-electron chi connectivity index (χ2n) is 8.17. The number of aromatic hydroxyl groups is 1. The first-order chi connectivity index (χ1) is 11.5. The normalized spacial score (nSPS) is 29.6. The summed E-state index contributed by atoms with van der Waals surface area (Å²) in [5.41, 5.74) is 0.382. The molecule has 0 spiro atoms. The molecule has 2 bridgehead atoms. The number of carboxylic acids is 2. The lowest BCUT2D eigenvalue weighted by atomic mass is 9.64. The van der Waals surface area contributed by atoms with Gasteiger partial charge in [0.05, 0.1) is 5.57 Å². The van der Waals surface area contributed by atoms with E-state index in [0.717, 1.165) is 19.3 Å². The van der Waals surface area contributed by atoms with Crippen LogP contribution in [0.2, 0.25) is 0 Å². The van der Waals surface area contributed by atoms with Gasteiger partial charge in [0.15, 0.2) is 0 Å². The summed E-state index contributed by atoms with van der Waals surface area (Å²) in [4.78, 5) is 22.9. The molecule has 0 radical (unpaired) electrons. The third-order valence-corrected chi connectivity index (χ3v) is 7.17. The Morgan fingerprint density at radius 2 is 1.76 bits per heavy atom. The van der Waals surface area contributed by atoms with Crippen LogP contribution in [0, 0.1) is 16.7 Å². The summed E-state index contributed by atoms with van der Waals surface area (Å²) in [7, 11) is 0. The molecule has 2 aliphatic carbocycles. The maximum Gasteiger partial charge on any atom is 0.339 e. The molecular formula is C20H24O5. The third-order valence-electron chi connectivity index (χ3n) is 7.17. The zero-order valence-corrected chi connectivity index (χ0v) is 14.8. The average molecular weight is 344 g/mol. The summed E-state index contributed by atoms with van der Waals surface area (Å²) in [6.07, 6.45) is 2.90. The SMILES string of the molecule is C=C(C(=O)O)c1ccc(C(=O)O)c(O)c1C1CC2CCC1(C)C2(C)C. The first kappa shape index (κ1) is 17.5. The van der Waals surface area contributed by atoms with Crippen LogP contribution in [-0.4, -0.2) is 27.3 Å². The van der Waals surface area contributed by atoms with Gasteiger partial charge in [-0.2, -0.15) is 0 Å². The van der Waals surface area contributed by atoms with E-state index in [2.05, 4.69) is 27.4 Å². The molecule has 0 saturated heterocycles. The largest absolute Gasteiger partial charge is 0.507 e. The fourth-order valence-corrected chi connectivity index (χ4v) is 5.15. The Hall–Kier alpha value is -2.30. The lowest BCUT2D eigenvalue weighted by molar-refractivity contribution is -0.130. The lowest BCUT2D eigenvalue weighted by Gasteiger charge is -2.40. The standard InChI is InChI=1S/C20H24O5/c1-10(17(22)23)12-5-6-13(18(24)25)16(21)15(12)14-9-11-7-8-20(14,4)19(11,2)3/h5-6,11,14,21H,1,7-9H2,2-4H3,(H,22,23)(H,24,25). The molecule has 134 valence electrons. The predicted molar refractivity (Wildman–Crippen MR) is 93.7 cm³/mol. The van der Waals surface area contributed by atoms with Crippen LogP contribution in [0.4, 0.5) is 0 Å². The number of aromatic carboxylic acids is 1. The minimum Gasteiger partial charge on any atom is -0.507 e. The molecule has 3 atom stereocenters. The van der Waals surface area contributed by atoms with Crippen molar-refractivity contribution in [1.29, 1.82) is 0 Å². The summed E-state index contributed by atoms with van der Waals surface area (Å²) >= 11 is 0. The van der Waals surface area contributed by atoms with Crippen molar-refractivity contribution in [3.63, 3.8) is 0 Å². The Morgan fingerprint density at radius 1 is 1.16 bits per heavy atom. The van der Waals surface area contributed by atoms with Gasteiger partial charge in [0.2, 0.25) is 0 Å². The number of hydrogen-bond donors (Lipinski definition) is 3. The van der Waals surface area contributed by atoms with Gasteiger partial charge < -0.3 is 15.3 Å². The van der Waals surface area contributed by atoms with Crippen molar-refractivity contribution in [2.24, 2.45) is 16.7 Å². The van der Waals surface area contributed by atoms with Gasteiger partial charge in [-0.05, 0) is 53.6 Å². The van der Waals surface area contributed by atoms with Gasteiger partial charge in [0.1, 0.15) is 11.3 Å². The highest BCUT2D eigenvalue weighted by Crippen LogP contribution is 2.72. The number of fused-ring (bicyclic) bond motifs is 2. The molecule has 2 fully saturated rings. The van der Waals surface area contributed by atoms with E-state index in [9.17, 15) is 24.9 Å². The summed E-state index contributed by atoms with van der Waals surface area (Å²) in [6, 6.07) is 2.72. The van der Waals surface area contributed by atoms with Gasteiger partial charge in [-0.15, -0.1) is 0 Å². The van der Waals surface area contributed by atoms with Gasteiger partial charge in [0, 0.05) is 5.56 Å². The number of hydrogen-bond acceptors (Lipinski definition) is 3. The summed E-state index contributed by atoms with van der Waals surface area (Å²) < 4.78 is 0. The third kappa shape index (κ3) is 2.21. The van der Waals surface area contributed by atoms with Gasteiger partial charge >= 0.3 is 11.9 Å². The van der Waals surface area contributed by atoms with Gasteiger partial charge in [-0.25, -0.2) is 9.59 Å². The number of phenols is 1. The van der Waals surface area contributed by atoms with Crippen LogP contribution in [0.5, 0.6) is 5.75 Å².